The smallest absolute Gasteiger partial charge is 0.205 e. The van der Waals surface area contributed by atoms with E-state index in [0.717, 1.165) is 29.6 Å². The van der Waals surface area contributed by atoms with E-state index in [1.165, 1.54) is 48.8 Å². The summed E-state index contributed by atoms with van der Waals surface area (Å²) in [6, 6.07) is 8.40. The first-order chi connectivity index (χ1) is 13.1. The van der Waals surface area contributed by atoms with Crippen LogP contribution in [-0.2, 0) is 6.42 Å². The maximum atomic E-state index is 4.40. The lowest BCUT2D eigenvalue weighted by Gasteiger charge is -2.34. The van der Waals surface area contributed by atoms with Crippen LogP contribution in [0.2, 0.25) is 0 Å². The molecule has 0 radical (unpaired) electrons. The molecule has 1 aromatic carbocycles. The van der Waals surface area contributed by atoms with Crippen molar-refractivity contribution >= 4 is 27.4 Å². The lowest BCUT2D eigenvalue weighted by atomic mass is 9.92. The molecule has 27 heavy (non-hydrogen) atoms. The summed E-state index contributed by atoms with van der Waals surface area (Å²) >= 11 is 1.67. The van der Waals surface area contributed by atoms with Gasteiger partial charge in [-0.2, -0.15) is 0 Å². The van der Waals surface area contributed by atoms with E-state index in [1.807, 2.05) is 0 Å². The Morgan fingerprint density at radius 3 is 2.81 bits per heavy atom. The maximum absolute atomic E-state index is 4.40. The average molecular weight is 384 g/mol. The molecular weight excluding hydrogens is 354 g/mol. The van der Waals surface area contributed by atoms with Gasteiger partial charge in [-0.1, -0.05) is 49.8 Å². The third-order valence-electron chi connectivity index (χ3n) is 5.30. The summed E-state index contributed by atoms with van der Waals surface area (Å²) in [5.74, 6) is 0. The molecule has 144 valence electrons. The van der Waals surface area contributed by atoms with Gasteiger partial charge in [-0.3, -0.25) is 0 Å². The van der Waals surface area contributed by atoms with Crippen molar-refractivity contribution in [3.63, 3.8) is 0 Å². The van der Waals surface area contributed by atoms with E-state index in [1.54, 1.807) is 11.3 Å². The van der Waals surface area contributed by atoms with E-state index in [2.05, 4.69) is 69.7 Å². The topological polar surface area (TPSA) is 56.8 Å². The third-order valence-corrected chi connectivity index (χ3v) is 6.18. The molecule has 0 amide bonds. The first kappa shape index (κ1) is 18.4. The molecule has 1 fully saturated rings. The largest absolute Gasteiger partial charge is 0.361 e. The zero-order valence-corrected chi connectivity index (χ0v) is 17.1. The third kappa shape index (κ3) is 4.68. The highest BCUT2D eigenvalue weighted by atomic mass is 32.1. The van der Waals surface area contributed by atoms with Crippen molar-refractivity contribution in [2.45, 2.75) is 39.5 Å². The highest BCUT2D eigenvalue weighted by molar-refractivity contribution is 7.15. The monoisotopic (exact) mass is 383 g/mol. The molecule has 6 heteroatoms. The molecule has 4 rings (SSSR count). The Labute approximate surface area is 165 Å². The minimum atomic E-state index is 0.222. The number of fused-ring (bicyclic) bond motifs is 1. The molecule has 2 aromatic heterocycles. The SMILES string of the molecule is CC(C)(CNc1nnc(Cc2c[nH]c3ccccc23)s1)CN1CCCCC1. The number of benzene rings is 1. The summed E-state index contributed by atoms with van der Waals surface area (Å²) in [5.41, 5.74) is 2.67. The molecule has 0 spiro atoms. The van der Waals surface area contributed by atoms with Crippen LogP contribution in [0.1, 0.15) is 43.7 Å². The number of hydrogen-bond acceptors (Lipinski definition) is 5. The fraction of sp³-hybridized carbons (Fsp3) is 0.524. The summed E-state index contributed by atoms with van der Waals surface area (Å²) in [6.45, 7) is 9.23. The quantitative estimate of drug-likeness (QED) is 0.629. The van der Waals surface area contributed by atoms with Crippen LogP contribution in [0.25, 0.3) is 10.9 Å². The van der Waals surface area contributed by atoms with Gasteiger partial charge < -0.3 is 15.2 Å². The number of piperidine rings is 1. The number of anilines is 1. The van der Waals surface area contributed by atoms with Crippen LogP contribution in [0, 0.1) is 5.41 Å². The molecule has 2 N–H and O–H groups in total. The van der Waals surface area contributed by atoms with Crippen LogP contribution >= 0.6 is 11.3 Å². The Balaban J connectivity index is 1.33. The predicted octanol–water partition coefficient (Wildman–Crippen LogP) is 4.53. The van der Waals surface area contributed by atoms with Crippen molar-refractivity contribution in [3.05, 3.63) is 41.0 Å². The molecule has 1 aliphatic rings. The zero-order valence-electron chi connectivity index (χ0n) is 16.3. The summed E-state index contributed by atoms with van der Waals surface area (Å²) in [5, 5.41) is 15.5. The maximum Gasteiger partial charge on any atom is 0.205 e. The fourth-order valence-corrected chi connectivity index (χ4v) is 4.69. The van der Waals surface area contributed by atoms with Crippen molar-refractivity contribution in [1.82, 2.24) is 20.1 Å². The highest BCUT2D eigenvalue weighted by Crippen LogP contribution is 2.25. The predicted molar refractivity (Wildman–Crippen MR) is 114 cm³/mol. The van der Waals surface area contributed by atoms with Gasteiger partial charge in [0.1, 0.15) is 5.01 Å². The first-order valence-corrected chi connectivity index (χ1v) is 10.7. The minimum Gasteiger partial charge on any atom is -0.361 e. The number of rotatable bonds is 7. The second-order valence-corrected chi connectivity index (χ2v) is 9.45. The van der Waals surface area contributed by atoms with Crippen molar-refractivity contribution in [2.75, 3.05) is 31.5 Å². The van der Waals surface area contributed by atoms with Crippen LogP contribution in [0.4, 0.5) is 5.13 Å². The average Bonchev–Trinajstić information content (AvgIpc) is 3.28. The molecule has 3 aromatic rings. The highest BCUT2D eigenvalue weighted by Gasteiger charge is 2.23. The molecule has 5 nitrogen and oxygen atoms in total. The normalized spacial score (nSPS) is 16.1. The van der Waals surface area contributed by atoms with Gasteiger partial charge >= 0.3 is 0 Å². The number of nitrogens with zero attached hydrogens (tertiary/aromatic N) is 3. The number of hydrogen-bond donors (Lipinski definition) is 2. The fourth-order valence-electron chi connectivity index (χ4n) is 3.93. The molecule has 0 aliphatic carbocycles. The van der Waals surface area contributed by atoms with Gasteiger partial charge in [0.2, 0.25) is 5.13 Å². The van der Waals surface area contributed by atoms with Gasteiger partial charge in [-0.05, 0) is 43.0 Å². The first-order valence-electron chi connectivity index (χ1n) is 9.93. The lowest BCUT2D eigenvalue weighted by Crippen LogP contribution is -2.40. The molecule has 0 saturated carbocycles. The van der Waals surface area contributed by atoms with Gasteiger partial charge in [-0.15, -0.1) is 10.2 Å². The van der Waals surface area contributed by atoms with Gasteiger partial charge in [-0.25, -0.2) is 0 Å². The molecule has 0 atom stereocenters. The molecule has 1 saturated heterocycles. The van der Waals surface area contributed by atoms with Crippen LogP contribution < -0.4 is 5.32 Å². The van der Waals surface area contributed by atoms with Crippen LogP contribution in [0.3, 0.4) is 0 Å². The molecule has 0 bridgehead atoms. The van der Waals surface area contributed by atoms with E-state index in [4.69, 9.17) is 0 Å². The number of aromatic amines is 1. The molecule has 3 heterocycles. The van der Waals surface area contributed by atoms with E-state index < -0.39 is 0 Å². The second-order valence-electron chi connectivity index (χ2n) is 8.39. The Morgan fingerprint density at radius 1 is 1.15 bits per heavy atom. The summed E-state index contributed by atoms with van der Waals surface area (Å²) in [4.78, 5) is 5.94. The van der Waals surface area contributed by atoms with Gasteiger partial charge in [0.05, 0.1) is 0 Å². The minimum absolute atomic E-state index is 0.222. The Bertz CT molecular complexity index is 875. The number of nitrogens with one attached hydrogen (secondary N) is 2. The van der Waals surface area contributed by atoms with Crippen LogP contribution in [-0.4, -0.2) is 46.3 Å². The van der Waals surface area contributed by atoms with E-state index in [0.29, 0.717) is 0 Å². The van der Waals surface area contributed by atoms with Crippen LogP contribution in [0.15, 0.2) is 30.5 Å². The number of likely N-dealkylation sites (tertiary alicyclic amines) is 1. The van der Waals surface area contributed by atoms with E-state index in [9.17, 15) is 0 Å². The Kier molecular flexibility index (Phi) is 5.45. The summed E-state index contributed by atoms with van der Waals surface area (Å²) < 4.78 is 0. The zero-order chi connectivity index (χ0) is 18.7. The van der Waals surface area contributed by atoms with Crippen LogP contribution in [0.5, 0.6) is 0 Å². The number of H-pyrrole nitrogens is 1. The van der Waals surface area contributed by atoms with Gasteiger partial charge in [0, 0.05) is 36.6 Å². The van der Waals surface area contributed by atoms with Gasteiger partial charge in [0.25, 0.3) is 0 Å². The molecular formula is C21H29N5S. The number of aromatic nitrogens is 3. The lowest BCUT2D eigenvalue weighted by molar-refractivity contribution is 0.160. The summed E-state index contributed by atoms with van der Waals surface area (Å²) in [6.07, 6.45) is 6.98. The molecule has 1 aliphatic heterocycles. The van der Waals surface area contributed by atoms with E-state index in [-0.39, 0.29) is 5.41 Å². The van der Waals surface area contributed by atoms with E-state index >= 15 is 0 Å². The summed E-state index contributed by atoms with van der Waals surface area (Å²) in [7, 11) is 0. The Hall–Kier alpha value is -1.92. The van der Waals surface area contributed by atoms with Crippen molar-refractivity contribution in [2.24, 2.45) is 5.41 Å². The Morgan fingerprint density at radius 2 is 1.96 bits per heavy atom. The van der Waals surface area contributed by atoms with Gasteiger partial charge in [0.15, 0.2) is 0 Å². The van der Waals surface area contributed by atoms with Crippen molar-refractivity contribution in [1.29, 1.82) is 0 Å². The second kappa shape index (κ2) is 7.98. The van der Waals surface area contributed by atoms with Crippen molar-refractivity contribution in [3.8, 4) is 0 Å². The standard InChI is InChI=1S/C21H29N5S/c1-21(2,15-26-10-6-3-7-11-26)14-23-20-25-24-19(27-20)12-16-13-22-18-9-5-4-8-17(16)18/h4-5,8-9,13,22H,3,6-7,10-12,14-15H2,1-2H3,(H,23,25). The molecule has 0 unspecified atom stereocenters. The number of para-hydroxylation sites is 1. The van der Waals surface area contributed by atoms with Crippen molar-refractivity contribution < 1.29 is 0 Å².